The number of H-pyrrole nitrogens is 1. The molecule has 1 amide bonds. The lowest BCUT2D eigenvalue weighted by atomic mass is 10.2. The molecule has 2 N–H and O–H groups in total. The highest BCUT2D eigenvalue weighted by atomic mass is 79.9. The fourth-order valence-electron chi connectivity index (χ4n) is 1.54. The van der Waals surface area contributed by atoms with Gasteiger partial charge in [-0.25, -0.2) is 4.98 Å². The van der Waals surface area contributed by atoms with Crippen molar-refractivity contribution in [1.82, 2.24) is 0 Å². The van der Waals surface area contributed by atoms with E-state index in [9.17, 15) is 4.79 Å². The summed E-state index contributed by atoms with van der Waals surface area (Å²) in [5.74, 6) is 1.27. The van der Waals surface area contributed by atoms with E-state index < -0.39 is 0 Å². The van der Waals surface area contributed by atoms with Gasteiger partial charge in [-0.05, 0) is 17.7 Å². The summed E-state index contributed by atoms with van der Waals surface area (Å²) in [4.78, 5) is 14.7. The molecule has 0 aliphatic heterocycles. The van der Waals surface area contributed by atoms with Crippen molar-refractivity contribution in [2.45, 2.75) is 5.75 Å². The minimum Gasteiger partial charge on any atom is -0.320 e. The van der Waals surface area contributed by atoms with Crippen LogP contribution in [0, 0.1) is 0 Å². The third-order valence-electron chi connectivity index (χ3n) is 2.44. The van der Waals surface area contributed by atoms with Crippen molar-refractivity contribution in [3.63, 3.8) is 0 Å². The van der Waals surface area contributed by atoms with Gasteiger partial charge < -0.3 is 5.32 Å². The summed E-state index contributed by atoms with van der Waals surface area (Å²) in [7, 11) is 0. The van der Waals surface area contributed by atoms with Crippen LogP contribution in [0.2, 0.25) is 0 Å². The second-order valence-electron chi connectivity index (χ2n) is 3.92. The number of aromatic amines is 1. The van der Waals surface area contributed by atoms with Crippen LogP contribution >= 0.6 is 27.7 Å². The van der Waals surface area contributed by atoms with Crippen molar-refractivity contribution in [1.29, 1.82) is 0 Å². The maximum Gasteiger partial charge on any atom is 0.234 e. The van der Waals surface area contributed by atoms with Crippen LogP contribution in [0.1, 0.15) is 5.56 Å². The molecule has 2 aromatic rings. The van der Waals surface area contributed by atoms with Crippen molar-refractivity contribution in [2.24, 2.45) is 0 Å². The van der Waals surface area contributed by atoms with Gasteiger partial charge in [0.05, 0.1) is 5.75 Å². The van der Waals surface area contributed by atoms with E-state index in [1.54, 1.807) is 24.2 Å². The number of aromatic nitrogens is 1. The molecule has 3 nitrogen and oxygen atoms in total. The second kappa shape index (κ2) is 7.31. The lowest BCUT2D eigenvalue weighted by molar-refractivity contribution is -0.377. The highest BCUT2D eigenvalue weighted by Gasteiger charge is 2.05. The van der Waals surface area contributed by atoms with Gasteiger partial charge in [0.2, 0.25) is 5.91 Å². The van der Waals surface area contributed by atoms with Gasteiger partial charge in [0.15, 0.2) is 12.4 Å². The zero-order chi connectivity index (χ0) is 13.5. The first-order chi connectivity index (χ1) is 9.25. The maximum absolute atomic E-state index is 11.7. The molecule has 0 fully saturated rings. The average Bonchev–Trinajstić information content (AvgIpc) is 2.42. The molecule has 1 aromatic heterocycles. The monoisotopic (exact) mass is 337 g/mol. The van der Waals surface area contributed by atoms with E-state index in [2.05, 4.69) is 32.3 Å². The van der Waals surface area contributed by atoms with Crippen molar-refractivity contribution >= 4 is 39.3 Å². The van der Waals surface area contributed by atoms with Crippen LogP contribution in [0.3, 0.4) is 0 Å². The molecule has 0 unspecified atom stereocenters. The second-order valence-corrected chi connectivity index (χ2v) is 5.76. The van der Waals surface area contributed by atoms with E-state index in [4.69, 9.17) is 0 Å². The van der Waals surface area contributed by atoms with Crippen LogP contribution in [0.5, 0.6) is 0 Å². The highest BCUT2D eigenvalue weighted by Crippen LogP contribution is 2.21. The summed E-state index contributed by atoms with van der Waals surface area (Å²) in [6, 6.07) is 11.8. The first-order valence-electron chi connectivity index (χ1n) is 5.83. The molecule has 98 valence electrons. The average molecular weight is 338 g/mol. The summed E-state index contributed by atoms with van der Waals surface area (Å²) < 4.78 is 1.08. The molecule has 0 aliphatic carbocycles. The predicted molar refractivity (Wildman–Crippen MR) is 81.9 cm³/mol. The number of benzene rings is 1. The Morgan fingerprint density at radius 1 is 1.26 bits per heavy atom. The predicted octanol–water partition coefficient (Wildman–Crippen LogP) is 3.14. The van der Waals surface area contributed by atoms with Gasteiger partial charge in [0, 0.05) is 16.3 Å². The maximum atomic E-state index is 11.7. The number of thioether (sulfide) groups is 1. The van der Waals surface area contributed by atoms with Crippen LogP contribution in [-0.4, -0.2) is 11.7 Å². The molecule has 5 heteroatoms. The number of hydrogen-bond donors (Lipinski definition) is 1. The van der Waals surface area contributed by atoms with Crippen LogP contribution in [0.4, 0.5) is 5.69 Å². The number of carbonyl (C=O) groups excluding carboxylic acids is 1. The van der Waals surface area contributed by atoms with E-state index in [0.717, 1.165) is 15.9 Å². The molecule has 0 radical (unpaired) electrons. The van der Waals surface area contributed by atoms with E-state index in [-0.39, 0.29) is 5.91 Å². The Balaban J connectivity index is 1.77. The number of anilines is 1. The number of rotatable bonds is 5. The smallest absolute Gasteiger partial charge is 0.234 e. The normalized spacial score (nSPS) is 10.2. The van der Waals surface area contributed by atoms with Crippen LogP contribution < -0.4 is 10.3 Å². The molecule has 0 atom stereocenters. The molecule has 1 aromatic carbocycles. The lowest BCUT2D eigenvalue weighted by Gasteiger charge is -2.05. The van der Waals surface area contributed by atoms with Gasteiger partial charge in [-0.3, -0.25) is 4.79 Å². The lowest BCUT2D eigenvalue weighted by Crippen LogP contribution is -2.15. The SMILES string of the molecule is O=C(CSCc1ccccc1Br)Nc1ccc[nH+]c1. The third-order valence-corrected chi connectivity index (χ3v) is 4.19. The van der Waals surface area contributed by atoms with Gasteiger partial charge in [-0.1, -0.05) is 34.1 Å². The Hall–Kier alpha value is -1.33. The Morgan fingerprint density at radius 2 is 2.11 bits per heavy atom. The zero-order valence-corrected chi connectivity index (χ0v) is 12.6. The summed E-state index contributed by atoms with van der Waals surface area (Å²) >= 11 is 5.09. The molecular formula is C14H14BrN2OS+. The van der Waals surface area contributed by atoms with Gasteiger partial charge in [-0.15, -0.1) is 11.8 Å². The van der Waals surface area contributed by atoms with Crippen LogP contribution in [0.25, 0.3) is 0 Å². The summed E-state index contributed by atoms with van der Waals surface area (Å²) in [5.41, 5.74) is 1.99. The summed E-state index contributed by atoms with van der Waals surface area (Å²) in [5, 5.41) is 2.84. The van der Waals surface area contributed by atoms with E-state index in [1.807, 2.05) is 30.3 Å². The molecule has 1 heterocycles. The van der Waals surface area contributed by atoms with E-state index in [1.165, 1.54) is 5.56 Å². The van der Waals surface area contributed by atoms with Crippen LogP contribution in [-0.2, 0) is 10.5 Å². The van der Waals surface area contributed by atoms with Crippen molar-refractivity contribution in [3.8, 4) is 0 Å². The number of amides is 1. The molecule has 0 aliphatic rings. The Morgan fingerprint density at radius 3 is 2.84 bits per heavy atom. The first kappa shape index (κ1) is 14.1. The molecular weight excluding hydrogens is 324 g/mol. The Kier molecular flexibility index (Phi) is 5.42. The van der Waals surface area contributed by atoms with Gasteiger partial charge in [-0.2, -0.15) is 0 Å². The minimum absolute atomic E-state index is 0.0108. The fourth-order valence-corrected chi connectivity index (χ4v) is 2.98. The summed E-state index contributed by atoms with van der Waals surface area (Å²) in [6.07, 6.45) is 3.56. The number of hydrogen-bond acceptors (Lipinski definition) is 2. The Labute approximate surface area is 125 Å². The fraction of sp³-hybridized carbons (Fsp3) is 0.143. The highest BCUT2D eigenvalue weighted by molar-refractivity contribution is 9.10. The van der Waals surface area contributed by atoms with Crippen molar-refractivity contribution in [2.75, 3.05) is 11.1 Å². The minimum atomic E-state index is 0.0108. The zero-order valence-electron chi connectivity index (χ0n) is 10.2. The summed E-state index contributed by atoms with van der Waals surface area (Å²) in [6.45, 7) is 0. The topological polar surface area (TPSA) is 43.2 Å². The van der Waals surface area contributed by atoms with Crippen molar-refractivity contribution < 1.29 is 9.78 Å². The molecule has 0 saturated heterocycles. The van der Waals surface area contributed by atoms with Gasteiger partial charge in [0.1, 0.15) is 5.69 Å². The molecule has 0 saturated carbocycles. The number of nitrogens with one attached hydrogen (secondary N) is 2. The molecule has 0 spiro atoms. The quantitative estimate of drug-likeness (QED) is 0.910. The first-order valence-corrected chi connectivity index (χ1v) is 7.77. The van der Waals surface area contributed by atoms with Gasteiger partial charge in [0.25, 0.3) is 0 Å². The number of halogens is 1. The van der Waals surface area contributed by atoms with Crippen molar-refractivity contribution in [3.05, 3.63) is 58.8 Å². The molecule has 2 rings (SSSR count). The largest absolute Gasteiger partial charge is 0.320 e. The number of carbonyl (C=O) groups is 1. The third kappa shape index (κ3) is 4.69. The van der Waals surface area contributed by atoms with E-state index in [0.29, 0.717) is 5.75 Å². The molecule has 0 bridgehead atoms. The number of pyridine rings is 1. The van der Waals surface area contributed by atoms with Crippen LogP contribution in [0.15, 0.2) is 53.3 Å². The van der Waals surface area contributed by atoms with Gasteiger partial charge >= 0.3 is 0 Å². The Bertz CT molecular complexity index is 548. The standard InChI is InChI=1S/C14H13BrN2OS/c15-13-6-2-1-4-11(13)9-19-10-14(18)17-12-5-3-7-16-8-12/h1-8H,9-10H2,(H,17,18)/p+1. The molecule has 19 heavy (non-hydrogen) atoms. The van der Waals surface area contributed by atoms with E-state index >= 15 is 0 Å².